The van der Waals surface area contributed by atoms with Gasteiger partial charge in [-0.3, -0.25) is 4.79 Å². The summed E-state index contributed by atoms with van der Waals surface area (Å²) in [6.45, 7) is 1.49. The molecule has 0 unspecified atom stereocenters. The second-order valence-electron chi connectivity index (χ2n) is 5.54. The summed E-state index contributed by atoms with van der Waals surface area (Å²) in [6, 6.07) is 14.5. The lowest BCUT2D eigenvalue weighted by Crippen LogP contribution is -2.21. The summed E-state index contributed by atoms with van der Waals surface area (Å²) in [5, 5.41) is 4.75. The summed E-state index contributed by atoms with van der Waals surface area (Å²) in [7, 11) is 0. The monoisotopic (exact) mass is 415 g/mol. The number of benzene rings is 1. The third kappa shape index (κ3) is 4.85. The van der Waals surface area contributed by atoms with Crippen LogP contribution in [0.4, 0.5) is 5.00 Å². The van der Waals surface area contributed by atoms with Crippen LogP contribution in [0.3, 0.4) is 0 Å². The molecule has 6 nitrogen and oxygen atoms in total. The highest BCUT2D eigenvalue weighted by Crippen LogP contribution is 2.35. The first-order valence-electron chi connectivity index (χ1n) is 8.45. The average Bonchev–Trinajstić information content (AvgIpc) is 3.37. The van der Waals surface area contributed by atoms with Crippen LogP contribution in [0.2, 0.25) is 0 Å². The van der Waals surface area contributed by atoms with Crippen molar-refractivity contribution in [1.29, 1.82) is 0 Å². The molecule has 0 fully saturated rings. The lowest BCUT2D eigenvalue weighted by atomic mass is 10.1. The third-order valence-corrected chi connectivity index (χ3v) is 5.54. The van der Waals surface area contributed by atoms with Crippen LogP contribution in [0.15, 0.2) is 53.9 Å². The second-order valence-corrected chi connectivity index (χ2v) is 7.54. The Morgan fingerprint density at radius 1 is 1.00 bits per heavy atom. The van der Waals surface area contributed by atoms with Gasteiger partial charge in [0.25, 0.3) is 5.91 Å². The number of thiophene rings is 2. The van der Waals surface area contributed by atoms with Crippen molar-refractivity contribution < 1.29 is 23.9 Å². The summed E-state index contributed by atoms with van der Waals surface area (Å²) in [5.41, 5.74) is 1.19. The number of carbonyl (C=O) groups is 3. The molecule has 0 saturated carbocycles. The van der Waals surface area contributed by atoms with Crippen LogP contribution in [0.5, 0.6) is 0 Å². The van der Waals surface area contributed by atoms with Gasteiger partial charge in [0.1, 0.15) is 9.88 Å². The van der Waals surface area contributed by atoms with Crippen LogP contribution in [0, 0.1) is 0 Å². The van der Waals surface area contributed by atoms with Gasteiger partial charge in [0.05, 0.1) is 12.2 Å². The van der Waals surface area contributed by atoms with Gasteiger partial charge in [0.15, 0.2) is 6.61 Å². The first-order chi connectivity index (χ1) is 13.6. The molecular weight excluding hydrogens is 398 g/mol. The maximum absolute atomic E-state index is 12.3. The zero-order valence-electron chi connectivity index (χ0n) is 15.0. The van der Waals surface area contributed by atoms with Crippen molar-refractivity contribution in [2.24, 2.45) is 0 Å². The van der Waals surface area contributed by atoms with E-state index >= 15 is 0 Å². The molecule has 0 aliphatic heterocycles. The van der Waals surface area contributed by atoms with E-state index in [0.717, 1.165) is 10.4 Å². The minimum absolute atomic E-state index is 0.223. The molecule has 0 spiro atoms. The fourth-order valence-electron chi connectivity index (χ4n) is 2.35. The van der Waals surface area contributed by atoms with E-state index in [4.69, 9.17) is 9.47 Å². The molecule has 0 saturated heterocycles. The van der Waals surface area contributed by atoms with E-state index in [9.17, 15) is 14.4 Å². The van der Waals surface area contributed by atoms with E-state index < -0.39 is 24.5 Å². The predicted octanol–water partition coefficient (Wildman–Crippen LogP) is 4.45. The third-order valence-electron chi connectivity index (χ3n) is 3.60. The molecule has 2 aromatic heterocycles. The van der Waals surface area contributed by atoms with Crippen LogP contribution in [0.1, 0.15) is 27.0 Å². The number of anilines is 1. The fourth-order valence-corrected chi connectivity index (χ4v) is 4.03. The summed E-state index contributed by atoms with van der Waals surface area (Å²) in [5.74, 6) is -1.62. The Morgan fingerprint density at radius 2 is 1.79 bits per heavy atom. The Morgan fingerprint density at radius 3 is 2.46 bits per heavy atom. The first-order valence-corrected chi connectivity index (χ1v) is 10.1. The molecule has 28 heavy (non-hydrogen) atoms. The van der Waals surface area contributed by atoms with Crippen molar-refractivity contribution >= 4 is 45.5 Å². The van der Waals surface area contributed by atoms with Gasteiger partial charge >= 0.3 is 11.9 Å². The topological polar surface area (TPSA) is 81.7 Å². The minimum Gasteiger partial charge on any atom is -0.462 e. The van der Waals surface area contributed by atoms with Gasteiger partial charge in [-0.25, -0.2) is 9.59 Å². The Hall–Kier alpha value is -2.97. The van der Waals surface area contributed by atoms with Gasteiger partial charge in [-0.2, -0.15) is 0 Å². The minimum atomic E-state index is -0.563. The molecule has 1 N–H and O–H groups in total. The lowest BCUT2D eigenvalue weighted by molar-refractivity contribution is -0.119. The highest BCUT2D eigenvalue weighted by Gasteiger charge is 2.20. The molecule has 3 aromatic rings. The van der Waals surface area contributed by atoms with Crippen molar-refractivity contribution in [2.45, 2.75) is 6.92 Å². The molecule has 1 amide bonds. The number of rotatable bonds is 7. The molecule has 0 atom stereocenters. The standard InChI is InChI=1S/C20H17NO5S2/c1-2-25-19(23)14-11-16(13-7-4-3-5-8-13)28-18(14)21-17(22)12-26-20(24)15-9-6-10-27-15/h3-11H,2,12H2,1H3,(H,21,22). The summed E-state index contributed by atoms with van der Waals surface area (Å²) in [4.78, 5) is 37.6. The van der Waals surface area contributed by atoms with Crippen molar-refractivity contribution in [3.63, 3.8) is 0 Å². The molecule has 8 heteroatoms. The molecule has 3 rings (SSSR count). The SMILES string of the molecule is CCOC(=O)c1cc(-c2ccccc2)sc1NC(=O)COC(=O)c1cccs1. The van der Waals surface area contributed by atoms with Gasteiger partial charge in [0, 0.05) is 4.88 Å². The molecule has 2 heterocycles. The zero-order valence-corrected chi connectivity index (χ0v) is 16.6. The summed E-state index contributed by atoms with van der Waals surface area (Å²) < 4.78 is 10.1. The van der Waals surface area contributed by atoms with E-state index in [-0.39, 0.29) is 12.2 Å². The van der Waals surface area contributed by atoms with E-state index in [0.29, 0.717) is 9.88 Å². The molecule has 0 bridgehead atoms. The van der Waals surface area contributed by atoms with Crippen LogP contribution in [0.25, 0.3) is 10.4 Å². The normalized spacial score (nSPS) is 10.3. The van der Waals surface area contributed by atoms with Crippen LogP contribution < -0.4 is 5.32 Å². The van der Waals surface area contributed by atoms with E-state index in [1.807, 2.05) is 30.3 Å². The lowest BCUT2D eigenvalue weighted by Gasteiger charge is -2.06. The van der Waals surface area contributed by atoms with Crippen molar-refractivity contribution in [3.8, 4) is 10.4 Å². The number of ether oxygens (including phenoxy) is 2. The van der Waals surface area contributed by atoms with E-state index in [2.05, 4.69) is 5.32 Å². The molecule has 0 aliphatic rings. The van der Waals surface area contributed by atoms with Crippen LogP contribution in [-0.4, -0.2) is 31.1 Å². The smallest absolute Gasteiger partial charge is 0.348 e. The number of hydrogen-bond acceptors (Lipinski definition) is 7. The van der Waals surface area contributed by atoms with Crippen LogP contribution >= 0.6 is 22.7 Å². The van der Waals surface area contributed by atoms with E-state index in [1.165, 1.54) is 22.7 Å². The van der Waals surface area contributed by atoms with Crippen molar-refractivity contribution in [2.75, 3.05) is 18.5 Å². The Bertz CT molecular complexity index is 964. The number of amides is 1. The van der Waals surface area contributed by atoms with Crippen molar-refractivity contribution in [1.82, 2.24) is 0 Å². The molecular formula is C20H17NO5S2. The van der Waals surface area contributed by atoms with Crippen molar-refractivity contribution in [3.05, 3.63) is 64.4 Å². The molecule has 0 radical (unpaired) electrons. The zero-order chi connectivity index (χ0) is 19.9. The quantitative estimate of drug-likeness (QED) is 0.577. The highest BCUT2D eigenvalue weighted by molar-refractivity contribution is 7.20. The Balaban J connectivity index is 1.73. The largest absolute Gasteiger partial charge is 0.462 e. The molecule has 0 aliphatic carbocycles. The van der Waals surface area contributed by atoms with Crippen LogP contribution in [-0.2, 0) is 14.3 Å². The average molecular weight is 415 g/mol. The number of hydrogen-bond donors (Lipinski definition) is 1. The molecule has 144 valence electrons. The number of carbonyl (C=O) groups excluding carboxylic acids is 3. The van der Waals surface area contributed by atoms with Gasteiger partial charge in [-0.1, -0.05) is 36.4 Å². The maximum Gasteiger partial charge on any atom is 0.348 e. The van der Waals surface area contributed by atoms with Gasteiger partial charge < -0.3 is 14.8 Å². The number of esters is 2. The van der Waals surface area contributed by atoms with E-state index in [1.54, 1.807) is 30.5 Å². The maximum atomic E-state index is 12.3. The first kappa shape index (κ1) is 19.8. The second kappa shape index (κ2) is 9.29. The molecule has 1 aromatic carbocycles. The summed E-state index contributed by atoms with van der Waals surface area (Å²) in [6.07, 6.45) is 0. The highest BCUT2D eigenvalue weighted by atomic mass is 32.1. The van der Waals surface area contributed by atoms with Gasteiger partial charge in [0.2, 0.25) is 0 Å². The van der Waals surface area contributed by atoms with Gasteiger partial charge in [-0.15, -0.1) is 22.7 Å². The predicted molar refractivity (Wildman–Crippen MR) is 109 cm³/mol. The number of nitrogens with one attached hydrogen (secondary N) is 1. The Kier molecular flexibility index (Phi) is 6.57. The Labute approximate surface area is 169 Å². The van der Waals surface area contributed by atoms with Gasteiger partial charge in [-0.05, 0) is 30.0 Å². The fraction of sp³-hybridized carbons (Fsp3) is 0.150. The summed E-state index contributed by atoms with van der Waals surface area (Å²) >= 11 is 2.49.